The van der Waals surface area contributed by atoms with Crippen molar-refractivity contribution < 1.29 is 13.2 Å². The van der Waals surface area contributed by atoms with Crippen LogP contribution in [0, 0.1) is 0 Å². The van der Waals surface area contributed by atoms with Gasteiger partial charge in [-0.1, -0.05) is 34.1 Å². The molecule has 6 nitrogen and oxygen atoms in total. The van der Waals surface area contributed by atoms with Crippen LogP contribution in [0.25, 0.3) is 0 Å². The van der Waals surface area contributed by atoms with Crippen molar-refractivity contribution in [2.45, 2.75) is 10.9 Å². The first-order valence-electron chi connectivity index (χ1n) is 7.82. The third-order valence-electron chi connectivity index (χ3n) is 3.95. The van der Waals surface area contributed by atoms with Gasteiger partial charge in [-0.15, -0.1) is 0 Å². The van der Waals surface area contributed by atoms with Crippen molar-refractivity contribution >= 4 is 37.5 Å². The van der Waals surface area contributed by atoms with Gasteiger partial charge in [0.1, 0.15) is 6.04 Å². The minimum atomic E-state index is -3.60. The van der Waals surface area contributed by atoms with Crippen LogP contribution in [0.1, 0.15) is 0 Å². The standard InChI is InChI=1S/C17H18BrN3O3S/c18-13-6-8-14(9-7-13)20-17(22)16-12-21(11-10-19-16)25(23,24)15-4-2-1-3-5-15/h1-9,16,19H,10-12H2,(H,20,22)/t16-/m0/s1. The molecule has 0 unspecified atom stereocenters. The number of hydrogen-bond acceptors (Lipinski definition) is 4. The molecule has 1 aliphatic rings. The fourth-order valence-electron chi connectivity index (χ4n) is 2.62. The van der Waals surface area contributed by atoms with Crippen molar-refractivity contribution in [3.8, 4) is 0 Å². The van der Waals surface area contributed by atoms with Gasteiger partial charge in [0.2, 0.25) is 15.9 Å². The van der Waals surface area contributed by atoms with Gasteiger partial charge < -0.3 is 10.6 Å². The van der Waals surface area contributed by atoms with Gasteiger partial charge >= 0.3 is 0 Å². The Balaban J connectivity index is 1.70. The number of nitrogens with zero attached hydrogens (tertiary/aromatic N) is 1. The molecule has 2 aromatic carbocycles. The quantitative estimate of drug-likeness (QED) is 0.788. The molecule has 0 radical (unpaired) electrons. The number of benzene rings is 2. The van der Waals surface area contributed by atoms with Crippen molar-refractivity contribution in [2.24, 2.45) is 0 Å². The molecule has 1 saturated heterocycles. The molecule has 0 saturated carbocycles. The molecule has 0 bridgehead atoms. The second-order valence-corrected chi connectivity index (χ2v) is 8.53. The van der Waals surface area contributed by atoms with Crippen LogP contribution in [0.4, 0.5) is 5.69 Å². The molecule has 2 N–H and O–H groups in total. The van der Waals surface area contributed by atoms with Crippen LogP contribution in [0.5, 0.6) is 0 Å². The lowest BCUT2D eigenvalue weighted by atomic mass is 10.2. The monoisotopic (exact) mass is 423 g/mol. The van der Waals surface area contributed by atoms with Crippen LogP contribution in [0.2, 0.25) is 0 Å². The molecule has 0 aromatic heterocycles. The summed E-state index contributed by atoms with van der Waals surface area (Å²) in [5, 5.41) is 5.88. The Morgan fingerprint density at radius 2 is 1.80 bits per heavy atom. The number of carbonyl (C=O) groups is 1. The van der Waals surface area contributed by atoms with Gasteiger partial charge in [0.15, 0.2) is 0 Å². The molecule has 1 aliphatic heterocycles. The number of halogens is 1. The largest absolute Gasteiger partial charge is 0.325 e. The minimum absolute atomic E-state index is 0.0968. The summed E-state index contributed by atoms with van der Waals surface area (Å²) in [6.45, 7) is 0.851. The van der Waals surface area contributed by atoms with Gasteiger partial charge in [0.05, 0.1) is 4.90 Å². The van der Waals surface area contributed by atoms with Gasteiger partial charge in [-0.05, 0) is 36.4 Å². The lowest BCUT2D eigenvalue weighted by Crippen LogP contribution is -2.56. The van der Waals surface area contributed by atoms with Crippen LogP contribution in [0.15, 0.2) is 64.0 Å². The number of nitrogens with one attached hydrogen (secondary N) is 2. The van der Waals surface area contributed by atoms with Gasteiger partial charge in [-0.3, -0.25) is 4.79 Å². The van der Waals surface area contributed by atoms with E-state index in [1.165, 1.54) is 4.31 Å². The van der Waals surface area contributed by atoms with E-state index >= 15 is 0 Å². The number of piperazine rings is 1. The highest BCUT2D eigenvalue weighted by atomic mass is 79.9. The van der Waals surface area contributed by atoms with Crippen LogP contribution in [-0.4, -0.2) is 44.3 Å². The molecule has 1 heterocycles. The summed E-state index contributed by atoms with van der Waals surface area (Å²) >= 11 is 3.34. The van der Waals surface area contributed by atoms with Gasteiger partial charge in [0, 0.05) is 29.8 Å². The van der Waals surface area contributed by atoms with Gasteiger partial charge in [0.25, 0.3) is 0 Å². The van der Waals surface area contributed by atoms with E-state index in [1.54, 1.807) is 42.5 Å². The lowest BCUT2D eigenvalue weighted by Gasteiger charge is -2.32. The average Bonchev–Trinajstić information content (AvgIpc) is 2.64. The maximum atomic E-state index is 12.7. The first-order chi connectivity index (χ1) is 12.0. The van der Waals surface area contributed by atoms with Crippen molar-refractivity contribution in [2.75, 3.05) is 25.0 Å². The van der Waals surface area contributed by atoms with E-state index in [2.05, 4.69) is 26.6 Å². The highest BCUT2D eigenvalue weighted by molar-refractivity contribution is 9.10. The summed E-state index contributed by atoms with van der Waals surface area (Å²) in [7, 11) is -3.60. The molecule has 1 fully saturated rings. The number of anilines is 1. The molecule has 0 spiro atoms. The summed E-state index contributed by atoms with van der Waals surface area (Å²) in [6, 6.07) is 14.9. The van der Waals surface area contributed by atoms with E-state index in [4.69, 9.17) is 0 Å². The number of carbonyl (C=O) groups excluding carboxylic acids is 1. The second kappa shape index (κ2) is 7.65. The smallest absolute Gasteiger partial charge is 0.243 e. The maximum Gasteiger partial charge on any atom is 0.243 e. The topological polar surface area (TPSA) is 78.5 Å². The molecule has 0 aliphatic carbocycles. The van der Waals surface area contributed by atoms with Crippen molar-refractivity contribution in [1.82, 2.24) is 9.62 Å². The Labute approximate surface area is 155 Å². The van der Waals surface area contributed by atoms with E-state index in [9.17, 15) is 13.2 Å². The van der Waals surface area contributed by atoms with Gasteiger partial charge in [-0.2, -0.15) is 4.31 Å². The van der Waals surface area contributed by atoms with Gasteiger partial charge in [-0.25, -0.2) is 8.42 Å². The third kappa shape index (κ3) is 4.27. The minimum Gasteiger partial charge on any atom is -0.325 e. The zero-order chi connectivity index (χ0) is 17.9. The summed E-state index contributed by atoms with van der Waals surface area (Å²) in [6.07, 6.45) is 0. The highest BCUT2D eigenvalue weighted by Gasteiger charge is 2.33. The van der Waals surface area contributed by atoms with Crippen LogP contribution in [0.3, 0.4) is 0 Å². The Kier molecular flexibility index (Phi) is 5.53. The maximum absolute atomic E-state index is 12.7. The Bertz CT molecular complexity index is 841. The van der Waals surface area contributed by atoms with Crippen molar-refractivity contribution in [3.63, 3.8) is 0 Å². The summed E-state index contributed by atoms with van der Waals surface area (Å²) < 4.78 is 27.7. The van der Waals surface area contributed by atoms with E-state index in [-0.39, 0.29) is 17.3 Å². The SMILES string of the molecule is O=C(Nc1ccc(Br)cc1)[C@@H]1CN(S(=O)(=O)c2ccccc2)CCN1. The van der Waals surface area contributed by atoms with E-state index in [0.717, 1.165) is 4.47 Å². The first kappa shape index (κ1) is 18.1. The third-order valence-corrected chi connectivity index (χ3v) is 6.36. The summed E-state index contributed by atoms with van der Waals surface area (Å²) in [4.78, 5) is 12.7. The predicted octanol–water partition coefficient (Wildman–Crippen LogP) is 2.05. The summed E-state index contributed by atoms with van der Waals surface area (Å²) in [5.74, 6) is -0.254. The zero-order valence-electron chi connectivity index (χ0n) is 13.4. The lowest BCUT2D eigenvalue weighted by molar-refractivity contribution is -0.118. The molecule has 2 aromatic rings. The zero-order valence-corrected chi connectivity index (χ0v) is 15.8. The fourth-order valence-corrected chi connectivity index (χ4v) is 4.36. The van der Waals surface area contributed by atoms with E-state index < -0.39 is 16.1 Å². The molecule has 25 heavy (non-hydrogen) atoms. The Morgan fingerprint density at radius 3 is 2.48 bits per heavy atom. The molecular weight excluding hydrogens is 406 g/mol. The average molecular weight is 424 g/mol. The molecular formula is C17H18BrN3O3S. The van der Waals surface area contributed by atoms with Crippen molar-refractivity contribution in [1.29, 1.82) is 0 Å². The highest BCUT2D eigenvalue weighted by Crippen LogP contribution is 2.18. The van der Waals surface area contributed by atoms with Crippen LogP contribution >= 0.6 is 15.9 Å². The molecule has 132 valence electrons. The number of amides is 1. The van der Waals surface area contributed by atoms with Crippen molar-refractivity contribution in [3.05, 3.63) is 59.1 Å². The van der Waals surface area contributed by atoms with E-state index in [1.807, 2.05) is 12.1 Å². The number of hydrogen-bond donors (Lipinski definition) is 2. The predicted molar refractivity (Wildman–Crippen MR) is 99.8 cm³/mol. The molecule has 3 rings (SSSR count). The summed E-state index contributed by atoms with van der Waals surface area (Å²) in [5.41, 5.74) is 0.665. The normalized spacial score (nSPS) is 18.7. The van der Waals surface area contributed by atoms with E-state index in [0.29, 0.717) is 18.8 Å². The molecule has 1 atom stereocenters. The number of rotatable bonds is 4. The molecule has 8 heteroatoms. The van der Waals surface area contributed by atoms with Crippen LogP contribution < -0.4 is 10.6 Å². The molecule has 1 amide bonds. The first-order valence-corrected chi connectivity index (χ1v) is 10.0. The number of sulfonamides is 1. The Hall–Kier alpha value is -1.74. The van der Waals surface area contributed by atoms with Crippen LogP contribution in [-0.2, 0) is 14.8 Å². The Morgan fingerprint density at radius 1 is 1.12 bits per heavy atom. The second-order valence-electron chi connectivity index (χ2n) is 5.68. The fraction of sp³-hybridized carbons (Fsp3) is 0.235.